The SMILES string of the molecule is C#CC(OC)C1CCOC1. The smallest absolute Gasteiger partial charge is 0.122 e. The molecule has 1 aliphatic heterocycles. The predicted molar refractivity (Wildman–Crippen MR) is 38.6 cm³/mol. The highest BCUT2D eigenvalue weighted by atomic mass is 16.5. The summed E-state index contributed by atoms with van der Waals surface area (Å²) in [5.41, 5.74) is 0. The summed E-state index contributed by atoms with van der Waals surface area (Å²) in [6, 6.07) is 0. The number of hydrogen-bond donors (Lipinski definition) is 0. The van der Waals surface area contributed by atoms with Crippen LogP contribution in [0.5, 0.6) is 0 Å². The van der Waals surface area contributed by atoms with E-state index >= 15 is 0 Å². The second-order valence-corrected chi connectivity index (χ2v) is 2.45. The molecule has 0 bridgehead atoms. The summed E-state index contributed by atoms with van der Waals surface area (Å²) in [6.45, 7) is 1.58. The number of rotatable bonds is 2. The normalized spacial score (nSPS) is 27.8. The maximum atomic E-state index is 5.23. The van der Waals surface area contributed by atoms with E-state index in [1.165, 1.54) is 0 Å². The van der Waals surface area contributed by atoms with Crippen LogP contribution in [-0.2, 0) is 9.47 Å². The summed E-state index contributed by atoms with van der Waals surface area (Å²) >= 11 is 0. The molecule has 1 rings (SSSR count). The molecule has 1 saturated heterocycles. The van der Waals surface area contributed by atoms with Gasteiger partial charge in [0.25, 0.3) is 0 Å². The van der Waals surface area contributed by atoms with Gasteiger partial charge in [-0.15, -0.1) is 6.42 Å². The average molecular weight is 140 g/mol. The molecule has 0 aliphatic carbocycles. The second-order valence-electron chi connectivity index (χ2n) is 2.45. The molecule has 2 nitrogen and oxygen atoms in total. The lowest BCUT2D eigenvalue weighted by atomic mass is 10.0. The molecule has 0 amide bonds. The van der Waals surface area contributed by atoms with Gasteiger partial charge in [-0.2, -0.15) is 0 Å². The first-order valence-electron chi connectivity index (χ1n) is 3.45. The van der Waals surface area contributed by atoms with E-state index in [4.69, 9.17) is 15.9 Å². The molecular formula is C8H12O2. The van der Waals surface area contributed by atoms with Crippen LogP contribution in [0.3, 0.4) is 0 Å². The standard InChI is InChI=1S/C8H12O2/c1-3-8(9-2)7-4-5-10-6-7/h1,7-8H,4-6H2,2H3. The maximum Gasteiger partial charge on any atom is 0.122 e. The number of ether oxygens (including phenoxy) is 2. The van der Waals surface area contributed by atoms with Gasteiger partial charge in [0, 0.05) is 19.6 Å². The van der Waals surface area contributed by atoms with Crippen LogP contribution in [0.25, 0.3) is 0 Å². The minimum absolute atomic E-state index is 0.0532. The van der Waals surface area contributed by atoms with Crippen LogP contribution in [0.15, 0.2) is 0 Å². The first-order chi connectivity index (χ1) is 4.88. The fourth-order valence-electron chi connectivity index (χ4n) is 1.19. The second kappa shape index (κ2) is 3.60. The Morgan fingerprint density at radius 1 is 1.80 bits per heavy atom. The molecule has 0 aromatic carbocycles. The van der Waals surface area contributed by atoms with Crippen molar-refractivity contribution in [3.8, 4) is 12.3 Å². The zero-order valence-electron chi connectivity index (χ0n) is 6.17. The average Bonchev–Trinajstić information content (AvgIpc) is 2.43. The van der Waals surface area contributed by atoms with Crippen LogP contribution < -0.4 is 0 Å². The van der Waals surface area contributed by atoms with Crippen molar-refractivity contribution in [1.29, 1.82) is 0 Å². The molecule has 2 unspecified atom stereocenters. The van der Waals surface area contributed by atoms with Gasteiger partial charge in [0.05, 0.1) is 6.61 Å². The summed E-state index contributed by atoms with van der Waals surface area (Å²) in [5, 5.41) is 0. The molecule has 2 heteroatoms. The summed E-state index contributed by atoms with van der Waals surface area (Å²) < 4.78 is 10.2. The molecule has 0 spiro atoms. The van der Waals surface area contributed by atoms with Crippen molar-refractivity contribution in [2.75, 3.05) is 20.3 Å². The predicted octanol–water partition coefficient (Wildman–Crippen LogP) is 0.671. The lowest BCUT2D eigenvalue weighted by Gasteiger charge is -2.13. The van der Waals surface area contributed by atoms with Gasteiger partial charge >= 0.3 is 0 Å². The quantitative estimate of drug-likeness (QED) is 0.525. The summed E-state index contributed by atoms with van der Waals surface area (Å²) in [7, 11) is 1.64. The van der Waals surface area contributed by atoms with Gasteiger partial charge in [0.2, 0.25) is 0 Å². The highest BCUT2D eigenvalue weighted by Gasteiger charge is 2.23. The van der Waals surface area contributed by atoms with E-state index in [0.717, 1.165) is 19.6 Å². The fourth-order valence-corrected chi connectivity index (χ4v) is 1.19. The van der Waals surface area contributed by atoms with Crippen molar-refractivity contribution >= 4 is 0 Å². The molecule has 0 N–H and O–H groups in total. The van der Waals surface area contributed by atoms with Gasteiger partial charge in [-0.1, -0.05) is 5.92 Å². The van der Waals surface area contributed by atoms with Crippen molar-refractivity contribution in [2.45, 2.75) is 12.5 Å². The van der Waals surface area contributed by atoms with Crippen molar-refractivity contribution < 1.29 is 9.47 Å². The molecule has 1 heterocycles. The zero-order valence-corrected chi connectivity index (χ0v) is 6.17. The van der Waals surface area contributed by atoms with E-state index in [-0.39, 0.29) is 6.10 Å². The Labute approximate surface area is 61.5 Å². The molecular weight excluding hydrogens is 128 g/mol. The van der Waals surface area contributed by atoms with E-state index in [0.29, 0.717) is 5.92 Å². The van der Waals surface area contributed by atoms with Gasteiger partial charge in [-0.3, -0.25) is 0 Å². The number of hydrogen-bond acceptors (Lipinski definition) is 2. The summed E-state index contributed by atoms with van der Waals surface area (Å²) in [5.74, 6) is 3.00. The lowest BCUT2D eigenvalue weighted by Crippen LogP contribution is -2.20. The van der Waals surface area contributed by atoms with Gasteiger partial charge < -0.3 is 9.47 Å². The number of methoxy groups -OCH3 is 1. The third-order valence-corrected chi connectivity index (χ3v) is 1.81. The minimum atomic E-state index is -0.0532. The summed E-state index contributed by atoms with van der Waals surface area (Å²) in [6.07, 6.45) is 6.21. The van der Waals surface area contributed by atoms with Crippen molar-refractivity contribution in [2.24, 2.45) is 5.92 Å². The van der Waals surface area contributed by atoms with Crippen molar-refractivity contribution in [3.63, 3.8) is 0 Å². The Morgan fingerprint density at radius 2 is 2.60 bits per heavy atom. The minimum Gasteiger partial charge on any atom is -0.381 e. The van der Waals surface area contributed by atoms with Crippen LogP contribution >= 0.6 is 0 Å². The molecule has 1 fully saturated rings. The Kier molecular flexibility index (Phi) is 2.73. The van der Waals surface area contributed by atoms with Crippen LogP contribution in [0.2, 0.25) is 0 Å². The Bertz CT molecular complexity index is 131. The largest absolute Gasteiger partial charge is 0.381 e. The number of terminal acetylenes is 1. The third kappa shape index (κ3) is 1.50. The molecule has 0 aromatic rings. The highest BCUT2D eigenvalue weighted by Crippen LogP contribution is 2.17. The summed E-state index contributed by atoms with van der Waals surface area (Å²) in [4.78, 5) is 0. The highest BCUT2D eigenvalue weighted by molar-refractivity contribution is 4.98. The van der Waals surface area contributed by atoms with Gasteiger partial charge in [-0.25, -0.2) is 0 Å². The Morgan fingerprint density at radius 3 is 3.00 bits per heavy atom. The zero-order chi connectivity index (χ0) is 7.40. The van der Waals surface area contributed by atoms with Crippen LogP contribution in [-0.4, -0.2) is 26.4 Å². The first-order valence-corrected chi connectivity index (χ1v) is 3.45. The molecule has 56 valence electrons. The monoisotopic (exact) mass is 140 g/mol. The molecule has 0 aromatic heterocycles. The van der Waals surface area contributed by atoms with E-state index < -0.39 is 0 Å². The van der Waals surface area contributed by atoms with Gasteiger partial charge in [-0.05, 0) is 6.42 Å². The first kappa shape index (κ1) is 7.59. The van der Waals surface area contributed by atoms with Crippen molar-refractivity contribution in [1.82, 2.24) is 0 Å². The van der Waals surface area contributed by atoms with Gasteiger partial charge in [0.1, 0.15) is 6.10 Å². The van der Waals surface area contributed by atoms with E-state index in [1.54, 1.807) is 7.11 Å². The van der Waals surface area contributed by atoms with Crippen LogP contribution in [0.4, 0.5) is 0 Å². The van der Waals surface area contributed by atoms with E-state index in [9.17, 15) is 0 Å². The Hall–Kier alpha value is -0.520. The van der Waals surface area contributed by atoms with Crippen LogP contribution in [0.1, 0.15) is 6.42 Å². The Balaban J connectivity index is 2.38. The molecule has 0 saturated carbocycles. The molecule has 2 atom stereocenters. The van der Waals surface area contributed by atoms with E-state index in [1.807, 2.05) is 0 Å². The fraction of sp³-hybridized carbons (Fsp3) is 0.750. The van der Waals surface area contributed by atoms with Crippen LogP contribution in [0, 0.1) is 18.3 Å². The molecule has 10 heavy (non-hydrogen) atoms. The lowest BCUT2D eigenvalue weighted by molar-refractivity contribution is 0.0854. The molecule has 0 radical (unpaired) electrons. The molecule has 1 aliphatic rings. The van der Waals surface area contributed by atoms with Crippen molar-refractivity contribution in [3.05, 3.63) is 0 Å². The third-order valence-electron chi connectivity index (χ3n) is 1.81. The topological polar surface area (TPSA) is 18.5 Å². The van der Waals surface area contributed by atoms with E-state index in [2.05, 4.69) is 5.92 Å². The van der Waals surface area contributed by atoms with Gasteiger partial charge in [0.15, 0.2) is 0 Å². The maximum absolute atomic E-state index is 5.23.